The van der Waals surface area contributed by atoms with Gasteiger partial charge < -0.3 is 5.32 Å². The van der Waals surface area contributed by atoms with Gasteiger partial charge in [-0.05, 0) is 31.0 Å². The van der Waals surface area contributed by atoms with E-state index in [4.69, 9.17) is 0 Å². The van der Waals surface area contributed by atoms with E-state index in [1.165, 1.54) is 11.1 Å². The molecule has 84 valence electrons. The van der Waals surface area contributed by atoms with Crippen molar-refractivity contribution in [2.75, 3.05) is 6.54 Å². The van der Waals surface area contributed by atoms with Crippen molar-refractivity contribution in [3.63, 3.8) is 0 Å². The van der Waals surface area contributed by atoms with Gasteiger partial charge in [-0.3, -0.25) is 4.79 Å². The second-order valence-corrected chi connectivity index (χ2v) is 4.43. The van der Waals surface area contributed by atoms with Gasteiger partial charge in [-0.2, -0.15) is 0 Å². The van der Waals surface area contributed by atoms with Crippen molar-refractivity contribution in [2.24, 2.45) is 0 Å². The zero-order valence-corrected chi connectivity index (χ0v) is 9.68. The lowest BCUT2D eigenvalue weighted by atomic mass is 9.91. The van der Waals surface area contributed by atoms with E-state index in [9.17, 15) is 4.79 Å². The highest BCUT2D eigenvalue weighted by Gasteiger charge is 2.16. The summed E-state index contributed by atoms with van der Waals surface area (Å²) in [6.07, 6.45) is 1.41. The number of carbonyl (C=O) groups is 1. The molecule has 0 unspecified atom stereocenters. The van der Waals surface area contributed by atoms with Gasteiger partial charge in [0.25, 0.3) is 0 Å². The molecule has 1 aromatic rings. The first-order valence-electron chi connectivity index (χ1n) is 5.67. The molecule has 0 bridgehead atoms. The maximum Gasteiger partial charge on any atom is 0.167 e. The number of Topliss-reactive ketones (excluding diaryl/α,β-unsaturated/α-hetero) is 1. The minimum atomic E-state index is 0.200. The first kappa shape index (κ1) is 11.1. The number of carbonyl (C=O) groups excluding carboxylic acids is 1. The third-order valence-corrected chi connectivity index (χ3v) is 2.90. The van der Waals surface area contributed by atoms with Gasteiger partial charge in [0.15, 0.2) is 5.78 Å². The van der Waals surface area contributed by atoms with Gasteiger partial charge >= 0.3 is 0 Å². The molecule has 1 aliphatic heterocycles. The fraction of sp³-hybridized carbons (Fsp3) is 0.357. The second kappa shape index (κ2) is 4.62. The van der Waals surface area contributed by atoms with Crippen LogP contribution in [0, 0.1) is 0 Å². The van der Waals surface area contributed by atoms with Crippen LogP contribution in [0.1, 0.15) is 34.8 Å². The molecule has 0 saturated carbocycles. The summed E-state index contributed by atoms with van der Waals surface area (Å²) in [6.45, 7) is 7.54. The lowest BCUT2D eigenvalue weighted by Gasteiger charge is -2.19. The lowest BCUT2D eigenvalue weighted by molar-refractivity contribution is 0.0992. The van der Waals surface area contributed by atoms with Gasteiger partial charge in [-0.15, -0.1) is 0 Å². The van der Waals surface area contributed by atoms with Crippen molar-refractivity contribution >= 4 is 5.78 Å². The Labute approximate surface area is 96.4 Å². The Morgan fingerprint density at radius 2 is 2.31 bits per heavy atom. The van der Waals surface area contributed by atoms with Crippen molar-refractivity contribution < 1.29 is 4.79 Å². The molecule has 2 rings (SSSR count). The second-order valence-electron chi connectivity index (χ2n) is 4.43. The molecule has 0 radical (unpaired) electrons. The molecule has 1 N–H and O–H groups in total. The van der Waals surface area contributed by atoms with Crippen LogP contribution >= 0.6 is 0 Å². The molecule has 0 fully saturated rings. The molecular weight excluding hydrogens is 198 g/mol. The number of nitrogens with one attached hydrogen (secondary N) is 1. The molecular formula is C14H17NO. The number of fused-ring (bicyclic) bond motifs is 1. The third kappa shape index (κ3) is 2.22. The standard InChI is InChI=1S/C14H17NO/c1-10(2)8-14(16)13-5-3-4-11-9-15-7-6-12(11)13/h3-5,15H,1,6-9H2,2H3. The Balaban J connectivity index is 2.33. The zero-order valence-electron chi connectivity index (χ0n) is 9.68. The van der Waals surface area contributed by atoms with Gasteiger partial charge in [-0.1, -0.05) is 30.4 Å². The topological polar surface area (TPSA) is 29.1 Å². The fourth-order valence-electron chi connectivity index (χ4n) is 2.16. The molecule has 0 aromatic heterocycles. The highest BCUT2D eigenvalue weighted by atomic mass is 16.1. The van der Waals surface area contributed by atoms with Crippen molar-refractivity contribution in [1.29, 1.82) is 0 Å². The number of benzene rings is 1. The molecule has 0 spiro atoms. The Bertz CT molecular complexity index is 434. The molecule has 0 atom stereocenters. The minimum absolute atomic E-state index is 0.200. The number of allylic oxidation sites excluding steroid dienone is 1. The number of ketones is 1. The zero-order chi connectivity index (χ0) is 11.5. The fourth-order valence-corrected chi connectivity index (χ4v) is 2.16. The smallest absolute Gasteiger partial charge is 0.167 e. The first-order valence-corrected chi connectivity index (χ1v) is 5.67. The van der Waals surface area contributed by atoms with E-state index in [1.54, 1.807) is 0 Å². The van der Waals surface area contributed by atoms with Crippen LogP contribution in [0.3, 0.4) is 0 Å². The summed E-state index contributed by atoms with van der Waals surface area (Å²) in [7, 11) is 0. The van der Waals surface area contributed by atoms with Gasteiger partial charge in [0.2, 0.25) is 0 Å². The minimum Gasteiger partial charge on any atom is -0.312 e. The normalized spacial score (nSPS) is 14.3. The van der Waals surface area contributed by atoms with Gasteiger partial charge in [-0.25, -0.2) is 0 Å². The summed E-state index contributed by atoms with van der Waals surface area (Å²) in [5.41, 5.74) is 4.31. The van der Waals surface area contributed by atoms with Crippen molar-refractivity contribution in [3.8, 4) is 0 Å². The number of hydrogen-bond donors (Lipinski definition) is 1. The van der Waals surface area contributed by atoms with Gasteiger partial charge in [0.05, 0.1) is 0 Å². The van der Waals surface area contributed by atoms with E-state index in [1.807, 2.05) is 19.1 Å². The van der Waals surface area contributed by atoms with E-state index in [2.05, 4.69) is 18.0 Å². The molecule has 0 amide bonds. The Morgan fingerprint density at radius 3 is 3.06 bits per heavy atom. The van der Waals surface area contributed by atoms with Crippen LogP contribution in [0.15, 0.2) is 30.4 Å². The van der Waals surface area contributed by atoms with Crippen molar-refractivity contribution in [1.82, 2.24) is 5.32 Å². The average molecular weight is 215 g/mol. The summed E-state index contributed by atoms with van der Waals surface area (Å²) in [5, 5.41) is 3.32. The van der Waals surface area contributed by atoms with Crippen LogP contribution in [0.25, 0.3) is 0 Å². The van der Waals surface area contributed by atoms with Crippen molar-refractivity contribution in [3.05, 3.63) is 47.0 Å². The summed E-state index contributed by atoms with van der Waals surface area (Å²) in [4.78, 5) is 12.0. The van der Waals surface area contributed by atoms with Crippen LogP contribution in [0.4, 0.5) is 0 Å². The molecule has 0 aliphatic carbocycles. The predicted octanol–water partition coefficient (Wildman–Crippen LogP) is 2.48. The summed E-state index contributed by atoms with van der Waals surface area (Å²) in [5.74, 6) is 0.200. The predicted molar refractivity (Wildman–Crippen MR) is 65.6 cm³/mol. The highest BCUT2D eigenvalue weighted by Crippen LogP contribution is 2.20. The lowest BCUT2D eigenvalue weighted by Crippen LogP contribution is -2.25. The van der Waals surface area contributed by atoms with Crippen LogP contribution in [-0.2, 0) is 13.0 Å². The Kier molecular flexibility index (Phi) is 3.20. The molecule has 1 aromatic carbocycles. The average Bonchev–Trinajstić information content (AvgIpc) is 2.27. The van der Waals surface area contributed by atoms with Gasteiger partial charge in [0, 0.05) is 18.5 Å². The number of rotatable bonds is 3. The first-order chi connectivity index (χ1) is 7.68. The number of hydrogen-bond acceptors (Lipinski definition) is 2. The van der Waals surface area contributed by atoms with Crippen molar-refractivity contribution in [2.45, 2.75) is 26.3 Å². The molecule has 0 saturated heterocycles. The van der Waals surface area contributed by atoms with E-state index < -0.39 is 0 Å². The van der Waals surface area contributed by atoms with E-state index >= 15 is 0 Å². The molecule has 1 aliphatic rings. The third-order valence-electron chi connectivity index (χ3n) is 2.90. The summed E-state index contributed by atoms with van der Waals surface area (Å²) in [6, 6.07) is 6.01. The van der Waals surface area contributed by atoms with Crippen LogP contribution in [0.2, 0.25) is 0 Å². The van der Waals surface area contributed by atoms with Crippen LogP contribution in [0.5, 0.6) is 0 Å². The summed E-state index contributed by atoms with van der Waals surface area (Å²) < 4.78 is 0. The summed E-state index contributed by atoms with van der Waals surface area (Å²) >= 11 is 0. The maximum absolute atomic E-state index is 12.0. The molecule has 1 heterocycles. The molecule has 2 nitrogen and oxygen atoms in total. The Hall–Kier alpha value is -1.41. The van der Waals surface area contributed by atoms with Gasteiger partial charge in [0.1, 0.15) is 0 Å². The molecule has 16 heavy (non-hydrogen) atoms. The van der Waals surface area contributed by atoms with Crippen LogP contribution in [-0.4, -0.2) is 12.3 Å². The highest BCUT2D eigenvalue weighted by molar-refractivity contribution is 5.99. The van der Waals surface area contributed by atoms with E-state index in [-0.39, 0.29) is 5.78 Å². The Morgan fingerprint density at radius 1 is 1.50 bits per heavy atom. The van der Waals surface area contributed by atoms with Crippen LogP contribution < -0.4 is 5.32 Å². The molecule has 2 heteroatoms. The SMILES string of the molecule is C=C(C)CC(=O)c1cccc2c1CCNC2. The largest absolute Gasteiger partial charge is 0.312 e. The maximum atomic E-state index is 12.0. The van der Waals surface area contributed by atoms with E-state index in [0.29, 0.717) is 6.42 Å². The van der Waals surface area contributed by atoms with E-state index in [0.717, 1.165) is 30.6 Å². The monoisotopic (exact) mass is 215 g/mol. The quantitative estimate of drug-likeness (QED) is 0.620.